The molecule has 0 spiro atoms. The van der Waals surface area contributed by atoms with Crippen molar-refractivity contribution < 1.29 is 18.8 Å². The van der Waals surface area contributed by atoms with E-state index in [1.165, 1.54) is 0 Å². The van der Waals surface area contributed by atoms with Crippen molar-refractivity contribution in [1.82, 2.24) is 10.1 Å². The second kappa shape index (κ2) is 9.30. The second-order valence-corrected chi connectivity index (χ2v) is 7.99. The standard InChI is InChI=1S/C24H28N4O4/c1-16-7-12-21(31-4)20(14-16)27(2)23(29)18-6-5-13-28(15-18)24-25-22(26-32-24)17-8-10-19(30-3)11-9-17/h7-12,14,18H,5-6,13,15H2,1-4H3/t18-/m1/s1. The highest BCUT2D eigenvalue weighted by molar-refractivity contribution is 5.96. The summed E-state index contributed by atoms with van der Waals surface area (Å²) in [5.41, 5.74) is 2.69. The second-order valence-electron chi connectivity index (χ2n) is 7.99. The van der Waals surface area contributed by atoms with E-state index in [9.17, 15) is 4.79 Å². The number of rotatable bonds is 6. The smallest absolute Gasteiger partial charge is 0.324 e. The summed E-state index contributed by atoms with van der Waals surface area (Å²) in [6, 6.07) is 13.8. The van der Waals surface area contributed by atoms with Gasteiger partial charge in [0.2, 0.25) is 11.7 Å². The van der Waals surface area contributed by atoms with Crippen molar-refractivity contribution in [3.05, 3.63) is 48.0 Å². The predicted molar refractivity (Wildman–Crippen MR) is 122 cm³/mol. The minimum absolute atomic E-state index is 0.0495. The lowest BCUT2D eigenvalue weighted by Crippen LogP contribution is -2.44. The molecule has 32 heavy (non-hydrogen) atoms. The molecule has 0 radical (unpaired) electrons. The Labute approximate surface area is 187 Å². The molecule has 2 heterocycles. The first-order chi connectivity index (χ1) is 15.5. The molecule has 2 aromatic carbocycles. The van der Waals surface area contributed by atoms with Gasteiger partial charge in [-0.05, 0) is 61.7 Å². The van der Waals surface area contributed by atoms with Gasteiger partial charge in [0.15, 0.2) is 0 Å². The monoisotopic (exact) mass is 436 g/mol. The molecule has 1 aliphatic rings. The summed E-state index contributed by atoms with van der Waals surface area (Å²) in [6.07, 6.45) is 1.68. The van der Waals surface area contributed by atoms with Crippen LogP contribution in [0.5, 0.6) is 11.5 Å². The SMILES string of the molecule is COc1ccc(-c2noc(N3CCC[C@@H](C(=O)N(C)c4cc(C)ccc4OC)C3)n2)cc1. The van der Waals surface area contributed by atoms with Crippen molar-refractivity contribution in [2.45, 2.75) is 19.8 Å². The number of nitrogens with zero attached hydrogens (tertiary/aromatic N) is 4. The summed E-state index contributed by atoms with van der Waals surface area (Å²) >= 11 is 0. The Hall–Kier alpha value is -3.55. The number of carbonyl (C=O) groups excluding carboxylic acids is 1. The van der Waals surface area contributed by atoms with Crippen molar-refractivity contribution in [2.75, 3.05) is 44.2 Å². The molecule has 1 atom stereocenters. The highest BCUT2D eigenvalue weighted by atomic mass is 16.5. The molecular weight excluding hydrogens is 408 g/mol. The van der Waals surface area contributed by atoms with Crippen LogP contribution in [0.2, 0.25) is 0 Å². The Morgan fingerprint density at radius 1 is 1.16 bits per heavy atom. The van der Waals surface area contributed by atoms with Crippen LogP contribution in [0.15, 0.2) is 47.0 Å². The van der Waals surface area contributed by atoms with Gasteiger partial charge in [-0.1, -0.05) is 11.2 Å². The summed E-state index contributed by atoms with van der Waals surface area (Å²) in [5, 5.41) is 4.12. The first-order valence-electron chi connectivity index (χ1n) is 10.7. The van der Waals surface area contributed by atoms with Gasteiger partial charge in [-0.3, -0.25) is 4.79 Å². The first kappa shape index (κ1) is 21.7. The Balaban J connectivity index is 1.48. The van der Waals surface area contributed by atoms with Gasteiger partial charge in [-0.2, -0.15) is 4.98 Å². The molecule has 8 nitrogen and oxygen atoms in total. The van der Waals surface area contributed by atoms with E-state index in [1.54, 1.807) is 26.2 Å². The van der Waals surface area contributed by atoms with Gasteiger partial charge in [0.25, 0.3) is 0 Å². The molecule has 3 aromatic rings. The number of benzene rings is 2. The number of ether oxygens (including phenoxy) is 2. The summed E-state index contributed by atoms with van der Waals surface area (Å²) < 4.78 is 16.2. The summed E-state index contributed by atoms with van der Waals surface area (Å²) in [7, 11) is 5.04. The van der Waals surface area contributed by atoms with E-state index in [4.69, 9.17) is 14.0 Å². The van der Waals surface area contributed by atoms with Gasteiger partial charge in [0.05, 0.1) is 25.8 Å². The van der Waals surface area contributed by atoms with Crippen molar-refractivity contribution in [3.8, 4) is 22.9 Å². The highest BCUT2D eigenvalue weighted by Gasteiger charge is 2.31. The van der Waals surface area contributed by atoms with E-state index in [2.05, 4.69) is 10.1 Å². The number of amides is 1. The first-order valence-corrected chi connectivity index (χ1v) is 10.7. The number of carbonyl (C=O) groups is 1. The largest absolute Gasteiger partial charge is 0.497 e. The maximum atomic E-state index is 13.3. The molecule has 1 saturated heterocycles. The van der Waals surface area contributed by atoms with Crippen LogP contribution in [0.25, 0.3) is 11.4 Å². The summed E-state index contributed by atoms with van der Waals surface area (Å²) in [4.78, 5) is 21.5. The molecule has 1 aliphatic heterocycles. The molecule has 0 aliphatic carbocycles. The third-order valence-corrected chi connectivity index (χ3v) is 5.83. The van der Waals surface area contributed by atoms with Crippen molar-refractivity contribution in [3.63, 3.8) is 0 Å². The van der Waals surface area contributed by atoms with E-state index >= 15 is 0 Å². The third-order valence-electron chi connectivity index (χ3n) is 5.83. The number of hydrogen-bond donors (Lipinski definition) is 0. The number of aromatic nitrogens is 2. The molecular formula is C24H28N4O4. The minimum atomic E-state index is -0.171. The van der Waals surface area contributed by atoms with E-state index in [0.29, 0.717) is 24.1 Å². The minimum Gasteiger partial charge on any atom is -0.497 e. The Kier molecular flexibility index (Phi) is 6.30. The van der Waals surface area contributed by atoms with Crippen LogP contribution in [-0.2, 0) is 4.79 Å². The quantitative estimate of drug-likeness (QED) is 0.579. The van der Waals surface area contributed by atoms with E-state index in [1.807, 2.05) is 54.3 Å². The number of methoxy groups -OCH3 is 2. The zero-order valence-electron chi connectivity index (χ0n) is 18.9. The van der Waals surface area contributed by atoms with E-state index in [-0.39, 0.29) is 11.8 Å². The molecule has 0 bridgehead atoms. The lowest BCUT2D eigenvalue weighted by Gasteiger charge is -2.33. The van der Waals surface area contributed by atoms with Gasteiger partial charge in [0.1, 0.15) is 11.5 Å². The number of hydrogen-bond acceptors (Lipinski definition) is 7. The van der Waals surface area contributed by atoms with Crippen LogP contribution in [-0.4, -0.2) is 50.4 Å². The number of anilines is 2. The average molecular weight is 437 g/mol. The average Bonchev–Trinajstić information content (AvgIpc) is 3.33. The zero-order chi connectivity index (χ0) is 22.7. The van der Waals surface area contributed by atoms with Crippen LogP contribution in [0, 0.1) is 12.8 Å². The molecule has 1 amide bonds. The van der Waals surface area contributed by atoms with Gasteiger partial charge in [0, 0.05) is 25.7 Å². The van der Waals surface area contributed by atoms with Gasteiger partial charge < -0.3 is 23.8 Å². The molecule has 1 fully saturated rings. The highest BCUT2D eigenvalue weighted by Crippen LogP contribution is 2.32. The predicted octanol–water partition coefficient (Wildman–Crippen LogP) is 3.94. The molecule has 0 N–H and O–H groups in total. The summed E-state index contributed by atoms with van der Waals surface area (Å²) in [6.45, 7) is 3.30. The van der Waals surface area contributed by atoms with Crippen LogP contribution in [0.1, 0.15) is 18.4 Å². The normalized spacial score (nSPS) is 16.0. The molecule has 0 unspecified atom stereocenters. The Bertz CT molecular complexity index is 1080. The van der Waals surface area contributed by atoms with Crippen molar-refractivity contribution >= 4 is 17.6 Å². The fourth-order valence-corrected chi connectivity index (χ4v) is 4.01. The lowest BCUT2D eigenvalue weighted by molar-refractivity contribution is -0.122. The molecule has 4 rings (SSSR count). The fraction of sp³-hybridized carbons (Fsp3) is 0.375. The van der Waals surface area contributed by atoms with E-state index < -0.39 is 0 Å². The Morgan fingerprint density at radius 3 is 2.66 bits per heavy atom. The zero-order valence-corrected chi connectivity index (χ0v) is 18.9. The third kappa shape index (κ3) is 4.39. The lowest BCUT2D eigenvalue weighted by atomic mass is 9.96. The number of piperidine rings is 1. The molecule has 0 saturated carbocycles. The number of aryl methyl sites for hydroxylation is 1. The van der Waals surface area contributed by atoms with Crippen molar-refractivity contribution in [1.29, 1.82) is 0 Å². The van der Waals surface area contributed by atoms with Crippen LogP contribution in [0.4, 0.5) is 11.7 Å². The molecule has 8 heteroatoms. The van der Waals surface area contributed by atoms with Gasteiger partial charge in [-0.25, -0.2) is 0 Å². The topological polar surface area (TPSA) is 80.9 Å². The maximum Gasteiger partial charge on any atom is 0.324 e. The van der Waals surface area contributed by atoms with Gasteiger partial charge >= 0.3 is 6.01 Å². The van der Waals surface area contributed by atoms with Crippen LogP contribution >= 0.6 is 0 Å². The van der Waals surface area contributed by atoms with Crippen molar-refractivity contribution in [2.24, 2.45) is 5.92 Å². The van der Waals surface area contributed by atoms with Crippen LogP contribution < -0.4 is 19.3 Å². The van der Waals surface area contributed by atoms with Gasteiger partial charge in [-0.15, -0.1) is 0 Å². The maximum absolute atomic E-state index is 13.3. The fourth-order valence-electron chi connectivity index (χ4n) is 4.01. The van der Waals surface area contributed by atoms with Crippen LogP contribution in [0.3, 0.4) is 0 Å². The molecule has 168 valence electrons. The Morgan fingerprint density at radius 2 is 1.94 bits per heavy atom. The molecule has 1 aromatic heterocycles. The summed E-state index contributed by atoms with van der Waals surface area (Å²) in [5.74, 6) is 1.84. The van der Waals surface area contributed by atoms with E-state index in [0.717, 1.165) is 42.0 Å².